The standard InChI is InChI=1S/C14H20BrNO3/c1-3-14(13(17)18)7-4-8-16(9-14)10(2)11-5-6-12(15)19-11/h5-6,10H,3-4,7-9H2,1-2H3,(H,17,18). The van der Waals surface area contributed by atoms with E-state index in [4.69, 9.17) is 4.42 Å². The van der Waals surface area contributed by atoms with Gasteiger partial charge in [-0.25, -0.2) is 0 Å². The highest BCUT2D eigenvalue weighted by atomic mass is 79.9. The molecule has 1 aliphatic heterocycles. The van der Waals surface area contributed by atoms with Crippen LogP contribution in [0.4, 0.5) is 0 Å². The summed E-state index contributed by atoms with van der Waals surface area (Å²) in [4.78, 5) is 13.8. The number of hydrogen-bond acceptors (Lipinski definition) is 3. The summed E-state index contributed by atoms with van der Waals surface area (Å²) >= 11 is 3.30. The fourth-order valence-corrected chi connectivity index (χ4v) is 3.16. The first-order chi connectivity index (χ1) is 8.98. The Morgan fingerprint density at radius 3 is 2.89 bits per heavy atom. The van der Waals surface area contributed by atoms with Crippen LogP contribution in [0.1, 0.15) is 44.9 Å². The van der Waals surface area contributed by atoms with Crippen LogP contribution >= 0.6 is 15.9 Å². The molecule has 0 spiro atoms. The third kappa shape index (κ3) is 2.87. The first-order valence-corrected chi connectivity index (χ1v) is 7.50. The Morgan fingerprint density at radius 2 is 2.37 bits per heavy atom. The maximum atomic E-state index is 11.6. The van der Waals surface area contributed by atoms with Crippen LogP contribution in [-0.2, 0) is 4.79 Å². The Labute approximate surface area is 121 Å². The van der Waals surface area contributed by atoms with Crippen molar-refractivity contribution in [3.05, 3.63) is 22.6 Å². The minimum atomic E-state index is -0.674. The number of hydrogen-bond donors (Lipinski definition) is 1. The molecule has 1 aromatic rings. The molecule has 19 heavy (non-hydrogen) atoms. The normalized spacial score (nSPS) is 26.3. The van der Waals surface area contributed by atoms with Gasteiger partial charge in [0.2, 0.25) is 0 Å². The topological polar surface area (TPSA) is 53.7 Å². The molecule has 2 unspecified atom stereocenters. The van der Waals surface area contributed by atoms with Gasteiger partial charge < -0.3 is 9.52 Å². The summed E-state index contributed by atoms with van der Waals surface area (Å²) in [5, 5.41) is 9.51. The molecule has 1 N–H and O–H groups in total. The number of carboxylic acids is 1. The number of halogens is 1. The van der Waals surface area contributed by atoms with Crippen LogP contribution in [0.25, 0.3) is 0 Å². The highest BCUT2D eigenvalue weighted by Crippen LogP contribution is 2.37. The van der Waals surface area contributed by atoms with Crippen molar-refractivity contribution in [2.24, 2.45) is 5.41 Å². The lowest BCUT2D eigenvalue weighted by atomic mass is 9.77. The average Bonchev–Trinajstić information content (AvgIpc) is 2.84. The molecule has 106 valence electrons. The molecule has 1 fully saturated rings. The van der Waals surface area contributed by atoms with Crippen LogP contribution in [0.3, 0.4) is 0 Å². The molecule has 1 aromatic heterocycles. The maximum absolute atomic E-state index is 11.6. The predicted molar refractivity (Wildman–Crippen MR) is 76.0 cm³/mol. The van der Waals surface area contributed by atoms with E-state index in [-0.39, 0.29) is 6.04 Å². The van der Waals surface area contributed by atoms with E-state index in [2.05, 4.69) is 27.8 Å². The van der Waals surface area contributed by atoms with E-state index >= 15 is 0 Å². The van der Waals surface area contributed by atoms with Crippen molar-refractivity contribution < 1.29 is 14.3 Å². The van der Waals surface area contributed by atoms with Crippen LogP contribution in [0.5, 0.6) is 0 Å². The van der Waals surface area contributed by atoms with E-state index in [1.807, 2.05) is 19.1 Å². The van der Waals surface area contributed by atoms with Gasteiger partial charge in [-0.05, 0) is 60.8 Å². The molecule has 2 atom stereocenters. The molecule has 2 heterocycles. The highest BCUT2D eigenvalue weighted by molar-refractivity contribution is 9.10. The fourth-order valence-electron chi connectivity index (χ4n) is 2.85. The third-order valence-corrected chi connectivity index (χ3v) is 4.72. The zero-order chi connectivity index (χ0) is 14.0. The van der Waals surface area contributed by atoms with Crippen molar-refractivity contribution in [1.82, 2.24) is 4.90 Å². The number of carbonyl (C=O) groups is 1. The Kier molecular flexibility index (Phi) is 4.36. The van der Waals surface area contributed by atoms with Crippen LogP contribution in [0.2, 0.25) is 0 Å². The number of piperidine rings is 1. The van der Waals surface area contributed by atoms with Gasteiger partial charge in [-0.3, -0.25) is 9.69 Å². The summed E-state index contributed by atoms with van der Waals surface area (Å²) < 4.78 is 6.30. The van der Waals surface area contributed by atoms with Crippen molar-refractivity contribution in [2.75, 3.05) is 13.1 Å². The molecule has 0 bridgehead atoms. The van der Waals surface area contributed by atoms with Crippen molar-refractivity contribution in [3.8, 4) is 0 Å². The summed E-state index contributed by atoms with van der Waals surface area (Å²) in [7, 11) is 0. The van der Waals surface area contributed by atoms with Gasteiger partial charge in [0.05, 0.1) is 11.5 Å². The van der Waals surface area contributed by atoms with Crippen molar-refractivity contribution in [2.45, 2.75) is 39.2 Å². The molecule has 4 nitrogen and oxygen atoms in total. The zero-order valence-corrected chi connectivity index (χ0v) is 12.9. The Hall–Kier alpha value is -0.810. The second-order valence-electron chi connectivity index (χ2n) is 5.33. The molecule has 0 saturated carbocycles. The predicted octanol–water partition coefficient (Wildman–Crippen LogP) is 3.68. The van der Waals surface area contributed by atoms with E-state index in [0.29, 0.717) is 17.6 Å². The molecule has 0 aromatic carbocycles. The van der Waals surface area contributed by atoms with Gasteiger partial charge in [0.25, 0.3) is 0 Å². The molecular formula is C14H20BrNO3. The summed E-state index contributed by atoms with van der Waals surface area (Å²) in [5.74, 6) is 0.205. The van der Waals surface area contributed by atoms with Gasteiger partial charge in [0, 0.05) is 6.54 Å². The van der Waals surface area contributed by atoms with E-state index in [0.717, 1.165) is 25.1 Å². The smallest absolute Gasteiger partial charge is 0.310 e. The molecule has 0 amide bonds. The monoisotopic (exact) mass is 329 g/mol. The number of nitrogens with zero attached hydrogens (tertiary/aromatic N) is 1. The fraction of sp³-hybridized carbons (Fsp3) is 0.643. The van der Waals surface area contributed by atoms with Crippen LogP contribution in [-0.4, -0.2) is 29.1 Å². The maximum Gasteiger partial charge on any atom is 0.310 e. The largest absolute Gasteiger partial charge is 0.481 e. The molecule has 0 radical (unpaired) electrons. The van der Waals surface area contributed by atoms with Crippen LogP contribution < -0.4 is 0 Å². The van der Waals surface area contributed by atoms with E-state index in [9.17, 15) is 9.90 Å². The van der Waals surface area contributed by atoms with Crippen LogP contribution in [0.15, 0.2) is 21.2 Å². The first kappa shape index (κ1) is 14.6. The minimum absolute atomic E-state index is 0.108. The second-order valence-corrected chi connectivity index (χ2v) is 6.11. The van der Waals surface area contributed by atoms with E-state index < -0.39 is 11.4 Å². The summed E-state index contributed by atoms with van der Waals surface area (Å²) in [5.41, 5.74) is -0.601. The van der Waals surface area contributed by atoms with Gasteiger partial charge >= 0.3 is 5.97 Å². The Balaban J connectivity index is 2.15. The van der Waals surface area contributed by atoms with E-state index in [1.54, 1.807) is 0 Å². The molecule has 1 saturated heterocycles. The summed E-state index contributed by atoms with van der Waals surface area (Å²) in [6.07, 6.45) is 2.36. The van der Waals surface area contributed by atoms with Crippen molar-refractivity contribution in [1.29, 1.82) is 0 Å². The summed E-state index contributed by atoms with van der Waals surface area (Å²) in [6, 6.07) is 3.93. The molecular weight excluding hydrogens is 310 g/mol. The number of carboxylic acid groups (broad SMARTS) is 1. The lowest BCUT2D eigenvalue weighted by Crippen LogP contribution is -2.48. The van der Waals surface area contributed by atoms with Gasteiger partial charge in [-0.1, -0.05) is 6.92 Å². The second kappa shape index (κ2) is 5.67. The lowest BCUT2D eigenvalue weighted by molar-refractivity contribution is -0.153. The van der Waals surface area contributed by atoms with Crippen LogP contribution in [0, 0.1) is 5.41 Å². The lowest BCUT2D eigenvalue weighted by Gasteiger charge is -2.41. The number of aliphatic carboxylic acids is 1. The molecule has 2 rings (SSSR count). The average molecular weight is 330 g/mol. The van der Waals surface area contributed by atoms with Gasteiger partial charge in [-0.2, -0.15) is 0 Å². The van der Waals surface area contributed by atoms with Gasteiger partial charge in [0.1, 0.15) is 5.76 Å². The summed E-state index contributed by atoms with van der Waals surface area (Å²) in [6.45, 7) is 5.55. The number of rotatable bonds is 4. The highest BCUT2D eigenvalue weighted by Gasteiger charge is 2.42. The molecule has 5 heteroatoms. The first-order valence-electron chi connectivity index (χ1n) is 6.71. The molecule has 0 aliphatic carbocycles. The number of likely N-dealkylation sites (tertiary alicyclic amines) is 1. The van der Waals surface area contributed by atoms with Crippen molar-refractivity contribution >= 4 is 21.9 Å². The van der Waals surface area contributed by atoms with Crippen molar-refractivity contribution in [3.63, 3.8) is 0 Å². The quantitative estimate of drug-likeness (QED) is 0.915. The third-order valence-electron chi connectivity index (χ3n) is 4.29. The zero-order valence-electron chi connectivity index (χ0n) is 11.4. The minimum Gasteiger partial charge on any atom is -0.481 e. The van der Waals surface area contributed by atoms with E-state index in [1.165, 1.54) is 0 Å². The van der Waals surface area contributed by atoms with Gasteiger partial charge in [-0.15, -0.1) is 0 Å². The molecule has 1 aliphatic rings. The Morgan fingerprint density at radius 1 is 1.63 bits per heavy atom. The Bertz CT molecular complexity index is 459. The SMILES string of the molecule is CCC1(C(=O)O)CCCN(C(C)c2ccc(Br)o2)C1. The number of furan rings is 1. The van der Waals surface area contributed by atoms with Gasteiger partial charge in [0.15, 0.2) is 4.67 Å².